The summed E-state index contributed by atoms with van der Waals surface area (Å²) in [7, 11) is 0. The van der Waals surface area contributed by atoms with E-state index in [9.17, 15) is 9.59 Å². The van der Waals surface area contributed by atoms with E-state index in [2.05, 4.69) is 65.7 Å². The first-order chi connectivity index (χ1) is 16.1. The van der Waals surface area contributed by atoms with Crippen molar-refractivity contribution < 1.29 is 9.59 Å². The maximum absolute atomic E-state index is 13.3. The fraction of sp³-hybridized carbons (Fsp3) is 0.407. The minimum Gasteiger partial charge on any atom is -0.368 e. The monoisotopic (exact) mass is 461 g/mol. The third-order valence-corrected chi connectivity index (χ3v) is 8.47. The molecule has 33 heavy (non-hydrogen) atoms. The number of hydrogen-bond acceptors (Lipinski definition) is 4. The fourth-order valence-corrected chi connectivity index (χ4v) is 6.41. The Balaban J connectivity index is 1.17. The predicted molar refractivity (Wildman–Crippen MR) is 135 cm³/mol. The Hall–Kier alpha value is -2.73. The van der Waals surface area contributed by atoms with Gasteiger partial charge in [-0.15, -0.1) is 11.8 Å². The summed E-state index contributed by atoms with van der Waals surface area (Å²) in [5, 5.41) is 3.56. The second-order valence-corrected chi connectivity index (χ2v) is 10.6. The molecule has 2 aliphatic heterocycles. The molecule has 3 unspecified atom stereocenters. The van der Waals surface area contributed by atoms with Crippen LogP contribution in [0.5, 0.6) is 0 Å². The number of nitrogens with zero attached hydrogens (tertiary/aromatic N) is 2. The highest BCUT2D eigenvalue weighted by atomic mass is 32.2. The van der Waals surface area contributed by atoms with Crippen molar-refractivity contribution >= 4 is 35.3 Å². The first kappa shape index (κ1) is 22.1. The maximum atomic E-state index is 13.3. The highest BCUT2D eigenvalue weighted by molar-refractivity contribution is 8.04. The van der Waals surface area contributed by atoms with Gasteiger partial charge in [0.25, 0.3) is 5.91 Å². The lowest BCUT2D eigenvalue weighted by Crippen LogP contribution is -2.54. The van der Waals surface area contributed by atoms with Crippen molar-refractivity contribution in [3.8, 4) is 0 Å². The van der Waals surface area contributed by atoms with Crippen LogP contribution in [0.4, 0.5) is 5.69 Å². The van der Waals surface area contributed by atoms with Gasteiger partial charge in [0.2, 0.25) is 5.91 Å². The molecule has 0 radical (unpaired) electrons. The molecule has 0 spiro atoms. The van der Waals surface area contributed by atoms with Crippen LogP contribution in [0, 0.1) is 12.8 Å². The SMILES string of the molecule is Cc1ccc(/C=C2/SC3CCC(C(=O)N4CCN(c5ccccc5)CC4)CC3NC2=O)cc1. The molecule has 2 heterocycles. The van der Waals surface area contributed by atoms with Crippen molar-refractivity contribution in [1.82, 2.24) is 10.2 Å². The summed E-state index contributed by atoms with van der Waals surface area (Å²) in [5.74, 6) is 0.269. The van der Waals surface area contributed by atoms with Gasteiger partial charge >= 0.3 is 0 Å². The molecule has 1 saturated carbocycles. The lowest BCUT2D eigenvalue weighted by atomic mass is 9.84. The number of anilines is 1. The van der Waals surface area contributed by atoms with Crippen LogP contribution in [0.2, 0.25) is 0 Å². The largest absolute Gasteiger partial charge is 0.368 e. The summed E-state index contributed by atoms with van der Waals surface area (Å²) < 4.78 is 0. The first-order valence-electron chi connectivity index (χ1n) is 11.9. The summed E-state index contributed by atoms with van der Waals surface area (Å²) in [6.45, 7) is 5.33. The molecule has 1 aliphatic carbocycles. The number of piperazine rings is 1. The third kappa shape index (κ3) is 4.96. The lowest BCUT2D eigenvalue weighted by Gasteiger charge is -2.42. The second-order valence-electron chi connectivity index (χ2n) is 9.31. The normalized spacial score (nSPS) is 26.6. The number of benzene rings is 2. The maximum Gasteiger partial charge on any atom is 0.257 e. The molecule has 3 atom stereocenters. The highest BCUT2D eigenvalue weighted by Crippen LogP contribution is 2.40. The number of aryl methyl sites for hydroxylation is 1. The zero-order chi connectivity index (χ0) is 22.8. The smallest absolute Gasteiger partial charge is 0.257 e. The van der Waals surface area contributed by atoms with Gasteiger partial charge in [-0.1, -0.05) is 48.0 Å². The molecule has 172 valence electrons. The quantitative estimate of drug-likeness (QED) is 0.700. The van der Waals surface area contributed by atoms with Crippen LogP contribution in [0.25, 0.3) is 6.08 Å². The molecule has 2 saturated heterocycles. The Bertz CT molecular complexity index is 1030. The van der Waals surface area contributed by atoms with E-state index in [1.54, 1.807) is 11.8 Å². The van der Waals surface area contributed by atoms with Crippen molar-refractivity contribution in [2.75, 3.05) is 31.1 Å². The molecule has 2 aromatic rings. The average molecular weight is 462 g/mol. The summed E-state index contributed by atoms with van der Waals surface area (Å²) in [6.07, 6.45) is 4.60. The third-order valence-electron chi connectivity index (χ3n) is 7.04. The van der Waals surface area contributed by atoms with Crippen molar-refractivity contribution in [2.45, 2.75) is 37.5 Å². The number of amides is 2. The number of hydrogen-bond donors (Lipinski definition) is 1. The van der Waals surface area contributed by atoms with Crippen molar-refractivity contribution in [1.29, 1.82) is 0 Å². The molecule has 3 fully saturated rings. The van der Waals surface area contributed by atoms with E-state index in [0.29, 0.717) is 5.25 Å². The van der Waals surface area contributed by atoms with Gasteiger partial charge in [-0.25, -0.2) is 0 Å². The molecule has 6 heteroatoms. The van der Waals surface area contributed by atoms with Gasteiger partial charge in [-0.2, -0.15) is 0 Å². The van der Waals surface area contributed by atoms with Gasteiger partial charge in [-0.3, -0.25) is 9.59 Å². The molecule has 1 N–H and O–H groups in total. The molecule has 0 aromatic heterocycles. The molecule has 5 nitrogen and oxygen atoms in total. The molecule has 5 rings (SSSR count). The van der Waals surface area contributed by atoms with E-state index >= 15 is 0 Å². The van der Waals surface area contributed by atoms with Crippen LogP contribution in [-0.2, 0) is 9.59 Å². The standard InChI is InChI=1S/C27H31N3O2S/c1-19-7-9-20(10-8-19)17-25-26(31)28-23-18-21(11-12-24(23)33-25)27(32)30-15-13-29(14-16-30)22-5-3-2-4-6-22/h2-10,17,21,23-24H,11-16,18H2,1H3,(H,28,31)/b25-17+. The molecule has 0 bridgehead atoms. The topological polar surface area (TPSA) is 52.7 Å². The molecule has 2 aromatic carbocycles. The summed E-state index contributed by atoms with van der Waals surface area (Å²) in [4.78, 5) is 31.2. The Morgan fingerprint density at radius 3 is 2.45 bits per heavy atom. The van der Waals surface area contributed by atoms with Crippen molar-refractivity contribution in [3.05, 3.63) is 70.6 Å². The van der Waals surface area contributed by atoms with Gasteiger partial charge in [0.05, 0.1) is 4.91 Å². The van der Waals surface area contributed by atoms with E-state index < -0.39 is 0 Å². The Morgan fingerprint density at radius 2 is 1.73 bits per heavy atom. The fourth-order valence-electron chi connectivity index (χ4n) is 5.11. The number of carbonyl (C=O) groups excluding carboxylic acids is 2. The van der Waals surface area contributed by atoms with Crippen LogP contribution >= 0.6 is 11.8 Å². The molecular formula is C27H31N3O2S. The molecule has 2 amide bonds. The molecular weight excluding hydrogens is 430 g/mol. The van der Waals surface area contributed by atoms with E-state index in [0.717, 1.165) is 55.9 Å². The summed E-state index contributed by atoms with van der Waals surface area (Å²) >= 11 is 1.69. The van der Waals surface area contributed by atoms with Gasteiger partial charge in [-0.05, 0) is 50.0 Å². The summed E-state index contributed by atoms with van der Waals surface area (Å²) in [5.41, 5.74) is 3.49. The van der Waals surface area contributed by atoms with E-state index in [4.69, 9.17) is 0 Å². The summed E-state index contributed by atoms with van der Waals surface area (Å²) in [6, 6.07) is 18.7. The number of nitrogens with one attached hydrogen (secondary N) is 1. The van der Waals surface area contributed by atoms with E-state index in [-0.39, 0.29) is 23.8 Å². The minimum absolute atomic E-state index is 0.00796. The Kier molecular flexibility index (Phi) is 6.45. The second kappa shape index (κ2) is 9.64. The minimum atomic E-state index is -0.00796. The Labute approximate surface area is 200 Å². The van der Waals surface area contributed by atoms with Gasteiger partial charge < -0.3 is 15.1 Å². The van der Waals surface area contributed by atoms with Crippen LogP contribution in [0.3, 0.4) is 0 Å². The van der Waals surface area contributed by atoms with Crippen molar-refractivity contribution in [2.24, 2.45) is 5.92 Å². The number of carbonyl (C=O) groups is 2. The Morgan fingerprint density at radius 1 is 1.00 bits per heavy atom. The predicted octanol–water partition coefficient (Wildman–Crippen LogP) is 4.09. The number of fused-ring (bicyclic) bond motifs is 1. The zero-order valence-electron chi connectivity index (χ0n) is 19.1. The van der Waals surface area contributed by atoms with Gasteiger partial charge in [0.1, 0.15) is 0 Å². The number of thioether (sulfide) groups is 1. The number of rotatable bonds is 3. The zero-order valence-corrected chi connectivity index (χ0v) is 19.9. The highest BCUT2D eigenvalue weighted by Gasteiger charge is 2.41. The van der Waals surface area contributed by atoms with Gasteiger partial charge in [0.15, 0.2) is 0 Å². The van der Waals surface area contributed by atoms with Crippen LogP contribution in [-0.4, -0.2) is 54.2 Å². The van der Waals surface area contributed by atoms with Crippen molar-refractivity contribution in [3.63, 3.8) is 0 Å². The van der Waals surface area contributed by atoms with Crippen LogP contribution in [0.15, 0.2) is 59.5 Å². The van der Waals surface area contributed by atoms with E-state index in [1.807, 2.05) is 17.0 Å². The first-order valence-corrected chi connectivity index (χ1v) is 12.8. The number of para-hydroxylation sites is 1. The van der Waals surface area contributed by atoms with E-state index in [1.165, 1.54) is 11.3 Å². The lowest BCUT2D eigenvalue weighted by molar-refractivity contribution is -0.137. The van der Waals surface area contributed by atoms with Crippen LogP contribution < -0.4 is 10.2 Å². The molecule has 3 aliphatic rings. The van der Waals surface area contributed by atoms with Crippen LogP contribution in [0.1, 0.15) is 30.4 Å². The van der Waals surface area contributed by atoms with Gasteiger partial charge in [0, 0.05) is 49.1 Å². The average Bonchev–Trinajstić information content (AvgIpc) is 2.86.